The second-order valence-corrected chi connectivity index (χ2v) is 12.2. The number of hydrogen-bond acceptors (Lipinski definition) is 4. The molecule has 40 heavy (non-hydrogen) atoms. The van der Waals surface area contributed by atoms with Crippen LogP contribution in [0, 0.1) is 0 Å². The third-order valence-electron chi connectivity index (χ3n) is 8.41. The summed E-state index contributed by atoms with van der Waals surface area (Å²) in [6.45, 7) is 7.08. The Morgan fingerprint density at radius 1 is 0.975 bits per heavy atom. The average Bonchev–Trinajstić information content (AvgIpc) is 3.79. The largest absolute Gasteiger partial charge is 0.378 e. The van der Waals surface area contributed by atoms with Gasteiger partial charge in [-0.3, -0.25) is 9.59 Å². The van der Waals surface area contributed by atoms with Crippen LogP contribution in [-0.2, 0) is 28.6 Å². The zero-order chi connectivity index (χ0) is 28.1. The Morgan fingerprint density at radius 2 is 1.68 bits per heavy atom. The lowest BCUT2D eigenvalue weighted by Gasteiger charge is -2.30. The summed E-state index contributed by atoms with van der Waals surface area (Å²) in [4.78, 5) is 36.1. The Bertz CT molecular complexity index is 1630. The summed E-state index contributed by atoms with van der Waals surface area (Å²) in [5.74, 6) is 0.312. The number of aromatic nitrogens is 2. The topological polar surface area (TPSA) is 86.3 Å². The van der Waals surface area contributed by atoms with Gasteiger partial charge in [0.2, 0.25) is 0 Å². The molecular formula is C34H35N3O3. The van der Waals surface area contributed by atoms with Crippen LogP contribution in [0.4, 0.5) is 0 Å². The Kier molecular flexibility index (Phi) is 6.46. The molecule has 0 bridgehead atoms. The number of aliphatic hydroxyl groups excluding tert-OH is 1. The van der Waals surface area contributed by atoms with Gasteiger partial charge in [-0.15, -0.1) is 0 Å². The SMILES string of the molecule is CC(C)(C)c1cccc(-c2cccc(C(O)C(=O)N3CCc4nc(C5(c6ccccc6)CC5)[nH]c(=O)c4C3)c2)c1. The number of carbonyl (C=O) groups excluding carboxylic acids is 1. The van der Waals surface area contributed by atoms with Crippen molar-refractivity contribution in [3.8, 4) is 11.1 Å². The molecule has 4 aromatic rings. The fraction of sp³-hybridized carbons (Fsp3) is 0.324. The van der Waals surface area contributed by atoms with Gasteiger partial charge in [-0.2, -0.15) is 0 Å². The van der Waals surface area contributed by atoms with Crippen molar-refractivity contribution in [2.45, 2.75) is 63.5 Å². The summed E-state index contributed by atoms with van der Waals surface area (Å²) in [7, 11) is 0. The number of hydrogen-bond donors (Lipinski definition) is 2. The number of H-pyrrole nitrogens is 1. The molecule has 0 spiro atoms. The maximum Gasteiger partial charge on any atom is 0.256 e. The van der Waals surface area contributed by atoms with Gasteiger partial charge in [0, 0.05) is 13.0 Å². The van der Waals surface area contributed by atoms with E-state index in [1.165, 1.54) is 11.1 Å². The molecule has 204 valence electrons. The molecule has 6 heteroatoms. The van der Waals surface area contributed by atoms with Crippen molar-refractivity contribution in [3.63, 3.8) is 0 Å². The van der Waals surface area contributed by atoms with E-state index in [1.54, 1.807) is 11.0 Å². The quantitative estimate of drug-likeness (QED) is 0.358. The van der Waals surface area contributed by atoms with E-state index in [0.717, 1.165) is 35.5 Å². The highest BCUT2D eigenvalue weighted by molar-refractivity contribution is 5.83. The summed E-state index contributed by atoms with van der Waals surface area (Å²) < 4.78 is 0. The monoisotopic (exact) mass is 533 g/mol. The van der Waals surface area contributed by atoms with E-state index in [9.17, 15) is 14.7 Å². The minimum absolute atomic E-state index is 0.0158. The van der Waals surface area contributed by atoms with E-state index in [4.69, 9.17) is 4.98 Å². The molecular weight excluding hydrogens is 498 g/mol. The van der Waals surface area contributed by atoms with Gasteiger partial charge in [0.25, 0.3) is 11.5 Å². The molecule has 2 N–H and O–H groups in total. The van der Waals surface area contributed by atoms with Crippen molar-refractivity contribution in [1.82, 2.24) is 14.9 Å². The number of nitrogens with one attached hydrogen (secondary N) is 1. The van der Waals surface area contributed by atoms with Crippen molar-refractivity contribution in [1.29, 1.82) is 0 Å². The lowest BCUT2D eigenvalue weighted by atomic mass is 9.85. The molecule has 2 aliphatic rings. The molecule has 6 rings (SSSR count). The van der Waals surface area contributed by atoms with Crippen molar-refractivity contribution >= 4 is 5.91 Å². The predicted molar refractivity (Wildman–Crippen MR) is 156 cm³/mol. The summed E-state index contributed by atoms with van der Waals surface area (Å²) in [6, 6.07) is 26.1. The average molecular weight is 534 g/mol. The summed E-state index contributed by atoms with van der Waals surface area (Å²) in [5.41, 5.74) is 5.76. The number of fused-ring (bicyclic) bond motifs is 1. The fourth-order valence-electron chi connectivity index (χ4n) is 5.75. The summed E-state index contributed by atoms with van der Waals surface area (Å²) in [5, 5.41) is 11.1. The Balaban J connectivity index is 1.22. The number of benzene rings is 3. The van der Waals surface area contributed by atoms with Gasteiger partial charge < -0.3 is 15.0 Å². The van der Waals surface area contributed by atoms with Gasteiger partial charge >= 0.3 is 0 Å². The number of amides is 1. The molecule has 6 nitrogen and oxygen atoms in total. The maximum absolute atomic E-state index is 13.4. The van der Waals surface area contributed by atoms with Crippen molar-refractivity contribution < 1.29 is 9.90 Å². The first-order valence-corrected chi connectivity index (χ1v) is 14.0. The van der Waals surface area contributed by atoms with Gasteiger partial charge in [0.15, 0.2) is 6.10 Å². The number of aromatic amines is 1. The zero-order valence-corrected chi connectivity index (χ0v) is 23.3. The fourth-order valence-corrected chi connectivity index (χ4v) is 5.75. The lowest BCUT2D eigenvalue weighted by Crippen LogP contribution is -2.42. The molecule has 1 saturated carbocycles. The van der Waals surface area contributed by atoms with E-state index in [0.29, 0.717) is 24.1 Å². The third kappa shape index (κ3) is 4.77. The van der Waals surface area contributed by atoms with Crippen LogP contribution in [0.1, 0.15) is 73.5 Å². The molecule has 1 unspecified atom stereocenters. The molecule has 1 amide bonds. The van der Waals surface area contributed by atoms with Crippen LogP contribution in [0.15, 0.2) is 83.7 Å². The molecule has 3 aromatic carbocycles. The molecule has 1 atom stereocenters. The van der Waals surface area contributed by atoms with E-state index < -0.39 is 12.0 Å². The molecule has 1 aliphatic carbocycles. The Labute approximate surface area is 234 Å². The van der Waals surface area contributed by atoms with Crippen LogP contribution in [0.25, 0.3) is 11.1 Å². The zero-order valence-electron chi connectivity index (χ0n) is 23.3. The minimum Gasteiger partial charge on any atom is -0.378 e. The first kappa shape index (κ1) is 26.2. The first-order valence-electron chi connectivity index (χ1n) is 14.0. The van der Waals surface area contributed by atoms with Gasteiger partial charge in [-0.05, 0) is 52.1 Å². The summed E-state index contributed by atoms with van der Waals surface area (Å²) >= 11 is 0. The number of nitrogens with zero attached hydrogens (tertiary/aromatic N) is 2. The predicted octanol–water partition coefficient (Wildman–Crippen LogP) is 5.43. The maximum atomic E-state index is 13.4. The first-order chi connectivity index (χ1) is 19.2. The van der Waals surface area contributed by atoms with Crippen LogP contribution in [0.2, 0.25) is 0 Å². The van der Waals surface area contributed by atoms with Crippen LogP contribution in [0.5, 0.6) is 0 Å². The summed E-state index contributed by atoms with van der Waals surface area (Å²) in [6.07, 6.45) is 1.07. The highest BCUT2D eigenvalue weighted by Crippen LogP contribution is 2.52. The van der Waals surface area contributed by atoms with E-state index in [-0.39, 0.29) is 22.9 Å². The second-order valence-electron chi connectivity index (χ2n) is 12.2. The van der Waals surface area contributed by atoms with E-state index in [1.807, 2.05) is 48.5 Å². The number of carbonyl (C=O) groups is 1. The van der Waals surface area contributed by atoms with Gasteiger partial charge in [-0.1, -0.05) is 93.6 Å². The second kappa shape index (κ2) is 9.86. The van der Waals surface area contributed by atoms with Crippen LogP contribution >= 0.6 is 0 Å². The van der Waals surface area contributed by atoms with Crippen molar-refractivity contribution in [3.05, 3.63) is 123 Å². The minimum atomic E-state index is -1.31. The normalized spacial score (nSPS) is 16.8. The van der Waals surface area contributed by atoms with Crippen LogP contribution < -0.4 is 5.56 Å². The smallest absolute Gasteiger partial charge is 0.256 e. The molecule has 2 heterocycles. The van der Waals surface area contributed by atoms with Crippen LogP contribution in [-0.4, -0.2) is 32.4 Å². The van der Waals surface area contributed by atoms with Gasteiger partial charge in [0.05, 0.1) is 23.2 Å². The Morgan fingerprint density at radius 3 is 2.38 bits per heavy atom. The molecule has 1 fully saturated rings. The molecule has 0 saturated heterocycles. The van der Waals surface area contributed by atoms with E-state index in [2.05, 4.69) is 50.0 Å². The van der Waals surface area contributed by atoms with E-state index >= 15 is 0 Å². The van der Waals surface area contributed by atoms with Gasteiger partial charge in [0.1, 0.15) is 5.82 Å². The highest BCUT2D eigenvalue weighted by atomic mass is 16.3. The Hall–Kier alpha value is -4.03. The number of aliphatic hydroxyl groups is 1. The standard InChI is InChI=1S/C34H35N3O3/c1-33(2,3)26-14-8-10-23(20-26)22-9-7-11-24(19-22)29(38)31(40)37-18-15-28-27(21-37)30(39)36-32(35-28)34(16-17-34)25-12-5-4-6-13-25/h4-14,19-20,29,38H,15-18,21H2,1-3H3,(H,35,36,39). The molecule has 1 aromatic heterocycles. The highest BCUT2D eigenvalue weighted by Gasteiger charge is 2.48. The molecule has 1 aliphatic heterocycles. The lowest BCUT2D eigenvalue weighted by molar-refractivity contribution is -0.141. The molecule has 0 radical (unpaired) electrons. The van der Waals surface area contributed by atoms with Gasteiger partial charge in [-0.25, -0.2) is 4.98 Å². The van der Waals surface area contributed by atoms with Crippen molar-refractivity contribution in [2.24, 2.45) is 0 Å². The van der Waals surface area contributed by atoms with Crippen LogP contribution in [0.3, 0.4) is 0 Å². The third-order valence-corrected chi connectivity index (χ3v) is 8.41. The van der Waals surface area contributed by atoms with Crippen molar-refractivity contribution in [2.75, 3.05) is 6.54 Å². The number of rotatable bonds is 5.